The summed E-state index contributed by atoms with van der Waals surface area (Å²) in [7, 11) is 5.10. The number of hydrogen-bond donors (Lipinski definition) is 0. The monoisotopic (exact) mass is 314 g/mol. The van der Waals surface area contributed by atoms with Crippen LogP contribution in [0.2, 0.25) is 0 Å². The van der Waals surface area contributed by atoms with Crippen LogP contribution < -0.4 is 0 Å². The minimum Gasteiger partial charge on any atom is -0.384 e. The number of piperidine rings is 1. The van der Waals surface area contributed by atoms with Crippen LogP contribution in [-0.4, -0.2) is 89.6 Å². The third-order valence-corrected chi connectivity index (χ3v) is 5.24. The average molecular weight is 314 g/mol. The third kappa shape index (κ3) is 3.98. The molecule has 22 heavy (non-hydrogen) atoms. The minimum absolute atomic E-state index is 0.106. The molecule has 0 saturated carbocycles. The Labute approximate surface area is 133 Å². The van der Waals surface area contributed by atoms with E-state index in [4.69, 9.17) is 14.2 Å². The summed E-state index contributed by atoms with van der Waals surface area (Å²) < 4.78 is 15.6. The van der Waals surface area contributed by atoms with Crippen LogP contribution in [0.3, 0.4) is 0 Å². The van der Waals surface area contributed by atoms with Crippen molar-refractivity contribution in [1.82, 2.24) is 9.80 Å². The Bertz CT molecular complexity index is 356. The molecule has 1 amide bonds. The number of methoxy groups -OCH3 is 3. The van der Waals surface area contributed by atoms with E-state index in [2.05, 4.69) is 4.90 Å². The van der Waals surface area contributed by atoms with E-state index in [1.54, 1.807) is 21.3 Å². The number of ether oxygens (including phenoxy) is 3. The second-order valence-corrected chi connectivity index (χ2v) is 6.56. The van der Waals surface area contributed by atoms with E-state index >= 15 is 0 Å². The number of rotatable bonds is 7. The maximum absolute atomic E-state index is 12.0. The lowest BCUT2D eigenvalue weighted by Gasteiger charge is -2.42. The molecule has 2 rings (SSSR count). The topological polar surface area (TPSA) is 51.2 Å². The maximum Gasteiger partial charge on any atom is 0.248 e. The molecule has 1 unspecified atom stereocenters. The van der Waals surface area contributed by atoms with Crippen molar-refractivity contribution < 1.29 is 19.0 Å². The molecule has 2 aliphatic heterocycles. The zero-order valence-electron chi connectivity index (χ0n) is 14.2. The molecule has 2 saturated heterocycles. The van der Waals surface area contributed by atoms with E-state index in [-0.39, 0.29) is 17.9 Å². The Morgan fingerprint density at radius 2 is 1.86 bits per heavy atom. The van der Waals surface area contributed by atoms with Crippen molar-refractivity contribution in [3.63, 3.8) is 0 Å². The highest BCUT2D eigenvalue weighted by atomic mass is 16.5. The van der Waals surface area contributed by atoms with Crippen LogP contribution >= 0.6 is 0 Å². The Hall–Kier alpha value is -0.690. The summed E-state index contributed by atoms with van der Waals surface area (Å²) >= 11 is 0. The fourth-order valence-electron chi connectivity index (χ4n) is 3.95. The molecule has 0 radical (unpaired) electrons. The number of likely N-dealkylation sites (tertiary alicyclic amines) is 2. The Balaban J connectivity index is 1.94. The van der Waals surface area contributed by atoms with E-state index < -0.39 is 0 Å². The first-order chi connectivity index (χ1) is 10.6. The lowest BCUT2D eigenvalue weighted by molar-refractivity contribution is -0.138. The molecule has 0 aromatic carbocycles. The average Bonchev–Trinajstić information content (AvgIpc) is 2.84. The van der Waals surface area contributed by atoms with Gasteiger partial charge < -0.3 is 24.0 Å². The van der Waals surface area contributed by atoms with Crippen molar-refractivity contribution in [3.05, 3.63) is 0 Å². The standard InChI is InChI=1S/C16H30N2O4/c1-20-9-8-17-10-14(11-21-2)16(13-17)4-6-18(7-5-16)15(19)12-22-3/h14H,4-13H2,1-3H3. The second kappa shape index (κ2) is 8.24. The normalized spacial score (nSPS) is 25.0. The van der Waals surface area contributed by atoms with Crippen molar-refractivity contribution in [3.8, 4) is 0 Å². The molecule has 0 bridgehead atoms. The summed E-state index contributed by atoms with van der Waals surface area (Å²) in [6, 6.07) is 0. The van der Waals surface area contributed by atoms with Gasteiger partial charge in [0.15, 0.2) is 0 Å². The Morgan fingerprint density at radius 3 is 2.45 bits per heavy atom. The summed E-state index contributed by atoms with van der Waals surface area (Å²) in [5.41, 5.74) is 0.285. The van der Waals surface area contributed by atoms with Gasteiger partial charge in [-0.3, -0.25) is 4.79 Å². The van der Waals surface area contributed by atoms with Crippen molar-refractivity contribution >= 4 is 5.91 Å². The summed E-state index contributed by atoms with van der Waals surface area (Å²) in [5.74, 6) is 0.656. The first kappa shape index (κ1) is 17.7. The largest absolute Gasteiger partial charge is 0.384 e. The molecule has 6 nitrogen and oxygen atoms in total. The quantitative estimate of drug-likeness (QED) is 0.683. The van der Waals surface area contributed by atoms with Gasteiger partial charge in [0.2, 0.25) is 5.91 Å². The molecule has 1 atom stereocenters. The minimum atomic E-state index is 0.106. The molecular weight excluding hydrogens is 284 g/mol. The molecule has 0 aromatic heterocycles. The maximum atomic E-state index is 12.0. The van der Waals surface area contributed by atoms with Crippen molar-refractivity contribution in [2.24, 2.45) is 11.3 Å². The van der Waals surface area contributed by atoms with Gasteiger partial charge >= 0.3 is 0 Å². The highest BCUT2D eigenvalue weighted by molar-refractivity contribution is 5.77. The van der Waals surface area contributed by atoms with Gasteiger partial charge in [-0.25, -0.2) is 0 Å². The molecule has 0 aromatic rings. The lowest BCUT2D eigenvalue weighted by Crippen LogP contribution is -2.48. The SMILES string of the molecule is COCCN1CC(COC)C2(CCN(C(=O)COC)CC2)C1. The zero-order chi connectivity index (χ0) is 16.0. The molecule has 128 valence electrons. The first-order valence-corrected chi connectivity index (χ1v) is 8.12. The van der Waals surface area contributed by atoms with Crippen LogP contribution in [-0.2, 0) is 19.0 Å². The van der Waals surface area contributed by atoms with Crippen molar-refractivity contribution in [1.29, 1.82) is 0 Å². The molecule has 2 aliphatic rings. The van der Waals surface area contributed by atoms with Gasteiger partial charge in [-0.05, 0) is 18.3 Å². The van der Waals surface area contributed by atoms with E-state index in [1.807, 2.05) is 4.90 Å². The van der Waals surface area contributed by atoms with Crippen LogP contribution in [0, 0.1) is 11.3 Å². The number of nitrogens with zero attached hydrogens (tertiary/aromatic N) is 2. The number of hydrogen-bond acceptors (Lipinski definition) is 5. The van der Waals surface area contributed by atoms with E-state index in [9.17, 15) is 4.79 Å². The van der Waals surface area contributed by atoms with Gasteiger partial charge in [-0.1, -0.05) is 0 Å². The molecule has 0 N–H and O–H groups in total. The van der Waals surface area contributed by atoms with Crippen LogP contribution in [0.25, 0.3) is 0 Å². The van der Waals surface area contributed by atoms with Crippen molar-refractivity contribution in [2.45, 2.75) is 12.8 Å². The third-order valence-electron chi connectivity index (χ3n) is 5.24. The molecule has 0 aliphatic carbocycles. The van der Waals surface area contributed by atoms with Gasteiger partial charge in [0.1, 0.15) is 6.61 Å². The fraction of sp³-hybridized carbons (Fsp3) is 0.938. The van der Waals surface area contributed by atoms with Gasteiger partial charge in [0, 0.05) is 60.0 Å². The highest BCUT2D eigenvalue weighted by Gasteiger charge is 2.48. The van der Waals surface area contributed by atoms with E-state index in [0.29, 0.717) is 5.92 Å². The molecule has 1 spiro atoms. The van der Waals surface area contributed by atoms with E-state index in [1.165, 1.54) is 0 Å². The predicted octanol–water partition coefficient (Wildman–Crippen LogP) is 0.466. The summed E-state index contributed by atoms with van der Waals surface area (Å²) in [4.78, 5) is 16.4. The van der Waals surface area contributed by atoms with Crippen LogP contribution in [0.5, 0.6) is 0 Å². The Kier molecular flexibility index (Phi) is 6.62. The summed E-state index contributed by atoms with van der Waals surface area (Å²) in [5, 5.41) is 0. The lowest BCUT2D eigenvalue weighted by atomic mass is 9.71. The van der Waals surface area contributed by atoms with Crippen LogP contribution in [0.15, 0.2) is 0 Å². The fourth-order valence-corrected chi connectivity index (χ4v) is 3.95. The predicted molar refractivity (Wildman–Crippen MR) is 83.8 cm³/mol. The summed E-state index contributed by atoms with van der Waals surface area (Å²) in [6.45, 7) is 6.57. The molecule has 6 heteroatoms. The summed E-state index contributed by atoms with van der Waals surface area (Å²) in [6.07, 6.45) is 2.11. The first-order valence-electron chi connectivity index (χ1n) is 8.12. The van der Waals surface area contributed by atoms with Crippen LogP contribution in [0.1, 0.15) is 12.8 Å². The smallest absolute Gasteiger partial charge is 0.248 e. The number of carbonyl (C=O) groups excluding carboxylic acids is 1. The second-order valence-electron chi connectivity index (χ2n) is 6.56. The van der Waals surface area contributed by atoms with E-state index in [0.717, 1.165) is 58.8 Å². The molecular formula is C16H30N2O4. The van der Waals surface area contributed by atoms with Gasteiger partial charge in [0.05, 0.1) is 13.2 Å². The number of amides is 1. The van der Waals surface area contributed by atoms with Crippen molar-refractivity contribution in [2.75, 3.05) is 73.9 Å². The molecule has 2 fully saturated rings. The zero-order valence-corrected chi connectivity index (χ0v) is 14.2. The highest BCUT2D eigenvalue weighted by Crippen LogP contribution is 2.44. The molecule has 2 heterocycles. The van der Waals surface area contributed by atoms with Gasteiger partial charge in [-0.2, -0.15) is 0 Å². The van der Waals surface area contributed by atoms with Gasteiger partial charge in [0.25, 0.3) is 0 Å². The van der Waals surface area contributed by atoms with Crippen LogP contribution in [0.4, 0.5) is 0 Å². The Morgan fingerprint density at radius 1 is 1.14 bits per heavy atom. The number of carbonyl (C=O) groups is 1. The van der Waals surface area contributed by atoms with Gasteiger partial charge in [-0.15, -0.1) is 0 Å².